The largest absolute Gasteiger partial charge is 0.236 e. The molecule has 0 radical (unpaired) electrons. The van der Waals surface area contributed by atoms with E-state index in [1.165, 1.54) is 6.33 Å². The van der Waals surface area contributed by atoms with Crippen LogP contribution in [0.15, 0.2) is 30.6 Å². The Labute approximate surface area is 98.4 Å². The van der Waals surface area contributed by atoms with Gasteiger partial charge in [0.1, 0.15) is 18.1 Å². The van der Waals surface area contributed by atoms with Gasteiger partial charge in [-0.2, -0.15) is 5.26 Å². The number of nitriles is 1. The van der Waals surface area contributed by atoms with E-state index in [1.54, 1.807) is 6.07 Å². The molecule has 0 saturated heterocycles. The van der Waals surface area contributed by atoms with Crippen LogP contribution in [0.3, 0.4) is 0 Å². The van der Waals surface area contributed by atoms with Gasteiger partial charge in [0, 0.05) is 16.1 Å². The molecular formula is C12H8ClN3. The molecule has 3 nitrogen and oxygen atoms in total. The molecule has 0 spiro atoms. The molecule has 0 unspecified atom stereocenters. The van der Waals surface area contributed by atoms with E-state index in [0.717, 1.165) is 16.8 Å². The van der Waals surface area contributed by atoms with Gasteiger partial charge in [-0.3, -0.25) is 0 Å². The van der Waals surface area contributed by atoms with Crippen LogP contribution in [0.2, 0.25) is 5.02 Å². The maximum absolute atomic E-state index is 8.88. The van der Waals surface area contributed by atoms with E-state index < -0.39 is 0 Å². The second-order valence-corrected chi connectivity index (χ2v) is 3.75. The van der Waals surface area contributed by atoms with Gasteiger partial charge < -0.3 is 0 Å². The molecule has 0 aliphatic rings. The second kappa shape index (κ2) is 4.30. The van der Waals surface area contributed by atoms with Crippen molar-refractivity contribution in [2.45, 2.75) is 6.92 Å². The van der Waals surface area contributed by atoms with Crippen molar-refractivity contribution in [3.63, 3.8) is 0 Å². The zero-order valence-corrected chi connectivity index (χ0v) is 9.36. The van der Waals surface area contributed by atoms with Crippen molar-refractivity contribution in [3.8, 4) is 17.3 Å². The van der Waals surface area contributed by atoms with E-state index in [1.807, 2.05) is 31.2 Å². The number of rotatable bonds is 1. The van der Waals surface area contributed by atoms with Gasteiger partial charge in [0.15, 0.2) is 0 Å². The number of hydrogen-bond donors (Lipinski definition) is 0. The zero-order valence-electron chi connectivity index (χ0n) is 8.61. The van der Waals surface area contributed by atoms with Crippen LogP contribution in [-0.4, -0.2) is 9.97 Å². The summed E-state index contributed by atoms with van der Waals surface area (Å²) in [6.07, 6.45) is 1.39. The van der Waals surface area contributed by atoms with Crippen molar-refractivity contribution < 1.29 is 0 Å². The third kappa shape index (κ3) is 1.88. The first-order valence-electron chi connectivity index (χ1n) is 4.70. The van der Waals surface area contributed by atoms with Crippen molar-refractivity contribution >= 4 is 11.6 Å². The number of nitrogens with zero attached hydrogens (tertiary/aromatic N) is 3. The maximum atomic E-state index is 8.88. The van der Waals surface area contributed by atoms with E-state index in [4.69, 9.17) is 16.9 Å². The minimum Gasteiger partial charge on any atom is -0.236 e. The first kappa shape index (κ1) is 10.6. The molecule has 78 valence electrons. The lowest BCUT2D eigenvalue weighted by Crippen LogP contribution is -1.95. The zero-order chi connectivity index (χ0) is 11.5. The third-order valence-electron chi connectivity index (χ3n) is 2.29. The van der Waals surface area contributed by atoms with Gasteiger partial charge in [-0.05, 0) is 19.1 Å². The average Bonchev–Trinajstić information content (AvgIpc) is 2.29. The lowest BCUT2D eigenvalue weighted by atomic mass is 10.1. The number of aromatic nitrogens is 2. The van der Waals surface area contributed by atoms with Gasteiger partial charge in [0.2, 0.25) is 0 Å². The lowest BCUT2D eigenvalue weighted by molar-refractivity contribution is 1.10. The van der Waals surface area contributed by atoms with Crippen molar-refractivity contribution in [1.82, 2.24) is 9.97 Å². The molecule has 0 aliphatic heterocycles. The van der Waals surface area contributed by atoms with Crippen LogP contribution in [0, 0.1) is 18.3 Å². The summed E-state index contributed by atoms with van der Waals surface area (Å²) in [4.78, 5) is 8.08. The smallest absolute Gasteiger partial charge is 0.147 e. The quantitative estimate of drug-likeness (QED) is 0.755. The fourth-order valence-corrected chi connectivity index (χ4v) is 1.68. The Kier molecular flexibility index (Phi) is 2.84. The highest BCUT2D eigenvalue weighted by Crippen LogP contribution is 2.24. The molecular weight excluding hydrogens is 222 g/mol. The van der Waals surface area contributed by atoms with Crippen molar-refractivity contribution in [3.05, 3.63) is 46.9 Å². The minimum absolute atomic E-state index is 0.393. The van der Waals surface area contributed by atoms with Gasteiger partial charge in [0.05, 0.1) is 5.69 Å². The molecule has 1 aromatic heterocycles. The van der Waals surface area contributed by atoms with Crippen LogP contribution in [0.1, 0.15) is 11.3 Å². The Morgan fingerprint density at radius 3 is 2.81 bits per heavy atom. The van der Waals surface area contributed by atoms with E-state index in [-0.39, 0.29) is 0 Å². The Morgan fingerprint density at radius 1 is 1.31 bits per heavy atom. The van der Waals surface area contributed by atoms with Crippen LogP contribution in [0.5, 0.6) is 0 Å². The SMILES string of the molecule is Cc1c(C#N)ncnc1-c1cccc(Cl)c1. The summed E-state index contributed by atoms with van der Waals surface area (Å²) in [5.41, 5.74) is 2.80. The van der Waals surface area contributed by atoms with E-state index in [0.29, 0.717) is 10.7 Å². The van der Waals surface area contributed by atoms with Crippen LogP contribution < -0.4 is 0 Å². The Morgan fingerprint density at radius 2 is 2.12 bits per heavy atom. The summed E-state index contributed by atoms with van der Waals surface area (Å²) in [6.45, 7) is 1.83. The van der Waals surface area contributed by atoms with E-state index in [2.05, 4.69) is 9.97 Å². The molecule has 0 amide bonds. The summed E-state index contributed by atoms with van der Waals surface area (Å²) >= 11 is 5.91. The molecule has 0 atom stereocenters. The Balaban J connectivity index is 2.62. The fourth-order valence-electron chi connectivity index (χ4n) is 1.49. The predicted molar refractivity (Wildman–Crippen MR) is 61.9 cm³/mol. The predicted octanol–water partition coefficient (Wildman–Crippen LogP) is 2.98. The Bertz CT molecular complexity index is 573. The molecule has 4 heteroatoms. The molecule has 0 aliphatic carbocycles. The summed E-state index contributed by atoms with van der Waals surface area (Å²) < 4.78 is 0. The van der Waals surface area contributed by atoms with Crippen LogP contribution in [0.25, 0.3) is 11.3 Å². The van der Waals surface area contributed by atoms with Gasteiger partial charge in [0.25, 0.3) is 0 Å². The number of benzene rings is 1. The summed E-state index contributed by atoms with van der Waals surface area (Å²) in [5.74, 6) is 0. The van der Waals surface area contributed by atoms with Crippen LogP contribution in [-0.2, 0) is 0 Å². The van der Waals surface area contributed by atoms with E-state index >= 15 is 0 Å². The van der Waals surface area contributed by atoms with Gasteiger partial charge in [-0.15, -0.1) is 0 Å². The summed E-state index contributed by atoms with van der Waals surface area (Å²) in [6, 6.07) is 9.41. The highest BCUT2D eigenvalue weighted by molar-refractivity contribution is 6.30. The summed E-state index contributed by atoms with van der Waals surface area (Å²) in [7, 11) is 0. The van der Waals surface area contributed by atoms with Crippen molar-refractivity contribution in [1.29, 1.82) is 5.26 Å². The van der Waals surface area contributed by atoms with E-state index in [9.17, 15) is 0 Å². The van der Waals surface area contributed by atoms with Crippen molar-refractivity contribution in [2.75, 3.05) is 0 Å². The maximum Gasteiger partial charge on any atom is 0.147 e. The molecule has 2 rings (SSSR count). The lowest BCUT2D eigenvalue weighted by Gasteiger charge is -2.05. The highest BCUT2D eigenvalue weighted by atomic mass is 35.5. The second-order valence-electron chi connectivity index (χ2n) is 3.32. The van der Waals surface area contributed by atoms with Gasteiger partial charge in [-0.25, -0.2) is 9.97 Å². The first-order valence-corrected chi connectivity index (χ1v) is 5.08. The van der Waals surface area contributed by atoms with Crippen LogP contribution >= 0.6 is 11.6 Å². The number of hydrogen-bond acceptors (Lipinski definition) is 3. The Hall–Kier alpha value is -1.92. The molecule has 0 fully saturated rings. The molecule has 0 N–H and O–H groups in total. The standard InChI is InChI=1S/C12H8ClN3/c1-8-11(6-14)15-7-16-12(8)9-3-2-4-10(13)5-9/h2-5,7H,1H3. The van der Waals surface area contributed by atoms with Crippen molar-refractivity contribution in [2.24, 2.45) is 0 Å². The third-order valence-corrected chi connectivity index (χ3v) is 2.52. The topological polar surface area (TPSA) is 49.6 Å². The minimum atomic E-state index is 0.393. The number of halogens is 1. The fraction of sp³-hybridized carbons (Fsp3) is 0.0833. The first-order chi connectivity index (χ1) is 7.72. The van der Waals surface area contributed by atoms with Gasteiger partial charge >= 0.3 is 0 Å². The molecule has 1 heterocycles. The van der Waals surface area contributed by atoms with Gasteiger partial charge in [-0.1, -0.05) is 23.7 Å². The molecule has 1 aromatic carbocycles. The monoisotopic (exact) mass is 229 g/mol. The summed E-state index contributed by atoms with van der Waals surface area (Å²) in [5, 5.41) is 9.53. The average molecular weight is 230 g/mol. The highest BCUT2D eigenvalue weighted by Gasteiger charge is 2.08. The molecule has 16 heavy (non-hydrogen) atoms. The molecule has 0 bridgehead atoms. The van der Waals surface area contributed by atoms with Crippen LogP contribution in [0.4, 0.5) is 0 Å². The molecule has 2 aromatic rings. The normalized spacial score (nSPS) is 9.81. The molecule has 0 saturated carbocycles.